The number of nitrogens with one attached hydrogen (secondary N) is 3. The zero-order valence-corrected chi connectivity index (χ0v) is 16.7. The number of hydrogen-bond donors (Lipinski definition) is 3. The minimum Gasteiger partial charge on any atom is -0.494 e. The zero-order valence-electron chi connectivity index (χ0n) is 15.9. The van der Waals surface area contributed by atoms with Crippen LogP contribution in [0.5, 0.6) is 5.75 Å². The highest BCUT2D eigenvalue weighted by Crippen LogP contribution is 2.35. The molecule has 2 aromatic rings. The van der Waals surface area contributed by atoms with Gasteiger partial charge in [0.05, 0.1) is 19.7 Å². The molecule has 0 atom stereocenters. The lowest BCUT2D eigenvalue weighted by Crippen LogP contribution is -2.37. The summed E-state index contributed by atoms with van der Waals surface area (Å²) >= 11 is 5.21. The molecule has 150 valence electrons. The quantitative estimate of drug-likeness (QED) is 0.418. The number of unbranched alkanes of at least 4 members (excludes halogenated alkanes) is 1. The topological polar surface area (TPSA) is 101 Å². The van der Waals surface area contributed by atoms with E-state index >= 15 is 0 Å². The number of benzene rings is 1. The molecule has 1 aromatic heterocycles. The molecule has 3 N–H and O–H groups in total. The highest BCUT2D eigenvalue weighted by Gasteiger charge is 2.27. The number of carbonyl (C=O) groups is 2. The molecule has 0 aliphatic heterocycles. The summed E-state index contributed by atoms with van der Waals surface area (Å²) in [4.78, 5) is 24.2. The van der Waals surface area contributed by atoms with E-state index in [-0.39, 0.29) is 24.9 Å². The van der Waals surface area contributed by atoms with E-state index in [9.17, 15) is 9.59 Å². The number of ether oxygens (including phenoxy) is 1. The van der Waals surface area contributed by atoms with Gasteiger partial charge in [0.2, 0.25) is 5.91 Å². The molecule has 1 aliphatic carbocycles. The Bertz CT molecular complexity index is 870. The molecule has 1 fully saturated rings. The van der Waals surface area contributed by atoms with Crippen LogP contribution in [-0.2, 0) is 11.3 Å². The van der Waals surface area contributed by atoms with Gasteiger partial charge in [-0.25, -0.2) is 0 Å². The Hall–Kier alpha value is -2.68. The van der Waals surface area contributed by atoms with Crippen molar-refractivity contribution in [3.05, 3.63) is 40.4 Å². The molecule has 1 aliphatic rings. The number of aromatic amines is 1. The lowest BCUT2D eigenvalue weighted by atomic mass is 10.2. The number of nitrogens with zero attached hydrogens (tertiary/aromatic N) is 2. The number of rotatable bonds is 10. The first-order valence-electron chi connectivity index (χ1n) is 9.52. The van der Waals surface area contributed by atoms with E-state index in [1.54, 1.807) is 24.3 Å². The average molecular weight is 404 g/mol. The molecule has 0 radical (unpaired) electrons. The maximum atomic E-state index is 12.2. The number of amides is 2. The van der Waals surface area contributed by atoms with E-state index in [4.69, 9.17) is 17.0 Å². The molecule has 9 heteroatoms. The second kappa shape index (κ2) is 9.50. The molecule has 1 aromatic carbocycles. The fourth-order valence-corrected chi connectivity index (χ4v) is 3.01. The third kappa shape index (κ3) is 5.41. The first-order chi connectivity index (χ1) is 13.6. The van der Waals surface area contributed by atoms with Crippen molar-refractivity contribution in [2.24, 2.45) is 0 Å². The number of hydrogen-bond acceptors (Lipinski definition) is 5. The lowest BCUT2D eigenvalue weighted by molar-refractivity contribution is -0.120. The van der Waals surface area contributed by atoms with Crippen molar-refractivity contribution in [2.75, 3.05) is 13.2 Å². The van der Waals surface area contributed by atoms with Crippen LogP contribution in [0.15, 0.2) is 24.3 Å². The molecule has 3 rings (SSSR count). The van der Waals surface area contributed by atoms with Gasteiger partial charge in [0.15, 0.2) is 10.6 Å². The summed E-state index contributed by atoms with van der Waals surface area (Å²) in [6, 6.07) is 7.26. The van der Waals surface area contributed by atoms with Crippen molar-refractivity contribution in [1.29, 1.82) is 0 Å². The maximum Gasteiger partial charge on any atom is 0.251 e. The van der Waals surface area contributed by atoms with Gasteiger partial charge in [-0.3, -0.25) is 19.3 Å². The minimum absolute atomic E-state index is 0.109. The first kappa shape index (κ1) is 20.1. The Morgan fingerprint density at radius 1 is 1.29 bits per heavy atom. The van der Waals surface area contributed by atoms with Crippen LogP contribution in [0.25, 0.3) is 0 Å². The van der Waals surface area contributed by atoms with Crippen LogP contribution in [0.3, 0.4) is 0 Å². The normalized spacial score (nSPS) is 13.2. The van der Waals surface area contributed by atoms with Crippen molar-refractivity contribution in [1.82, 2.24) is 25.4 Å². The van der Waals surface area contributed by atoms with Crippen LogP contribution in [-0.4, -0.2) is 39.7 Å². The first-order valence-corrected chi connectivity index (χ1v) is 9.93. The zero-order chi connectivity index (χ0) is 19.9. The van der Waals surface area contributed by atoms with Crippen molar-refractivity contribution < 1.29 is 14.3 Å². The fourth-order valence-electron chi connectivity index (χ4n) is 2.71. The molecule has 0 bridgehead atoms. The Balaban J connectivity index is 1.43. The summed E-state index contributed by atoms with van der Waals surface area (Å²) in [5, 5.41) is 12.3. The Morgan fingerprint density at radius 2 is 2.04 bits per heavy atom. The van der Waals surface area contributed by atoms with E-state index in [0.717, 1.165) is 31.4 Å². The SMILES string of the molecule is CCCCOc1ccc(C(=O)NCC(=O)NCc2n[nH]c(=S)n2C2CC2)cc1. The third-order valence-corrected chi connectivity index (χ3v) is 4.71. The van der Waals surface area contributed by atoms with Gasteiger partial charge in [0, 0.05) is 11.6 Å². The summed E-state index contributed by atoms with van der Waals surface area (Å²) in [6.07, 6.45) is 4.21. The summed E-state index contributed by atoms with van der Waals surface area (Å²) < 4.78 is 8.09. The van der Waals surface area contributed by atoms with Gasteiger partial charge in [-0.05, 0) is 55.7 Å². The average Bonchev–Trinajstić information content (AvgIpc) is 3.47. The molecule has 0 spiro atoms. The van der Waals surface area contributed by atoms with E-state index < -0.39 is 0 Å². The van der Waals surface area contributed by atoms with E-state index in [2.05, 4.69) is 27.8 Å². The summed E-state index contributed by atoms with van der Waals surface area (Å²) in [7, 11) is 0. The van der Waals surface area contributed by atoms with Crippen molar-refractivity contribution in [3.8, 4) is 5.75 Å². The number of H-pyrrole nitrogens is 1. The van der Waals surface area contributed by atoms with Crippen LogP contribution in [0.2, 0.25) is 0 Å². The molecular weight excluding hydrogens is 378 g/mol. The second-order valence-electron chi connectivity index (χ2n) is 6.73. The Kier molecular flexibility index (Phi) is 6.80. The number of carbonyl (C=O) groups excluding carboxylic acids is 2. The van der Waals surface area contributed by atoms with E-state index in [0.29, 0.717) is 28.8 Å². The molecule has 28 heavy (non-hydrogen) atoms. The number of aromatic nitrogens is 3. The van der Waals surface area contributed by atoms with Crippen LogP contribution in [0.4, 0.5) is 0 Å². The summed E-state index contributed by atoms with van der Waals surface area (Å²) in [6.45, 7) is 2.92. The standard InChI is InChI=1S/C19H25N5O3S/c1-2-3-10-27-15-8-4-13(5-9-15)18(26)21-12-17(25)20-11-16-22-23-19(28)24(16)14-6-7-14/h4-5,8-9,14H,2-3,6-7,10-12H2,1H3,(H,20,25)(H,21,26)(H,23,28). The van der Waals surface area contributed by atoms with Gasteiger partial charge in [-0.15, -0.1) is 0 Å². The van der Waals surface area contributed by atoms with Crippen LogP contribution in [0, 0.1) is 4.77 Å². The van der Waals surface area contributed by atoms with Gasteiger partial charge in [-0.1, -0.05) is 13.3 Å². The molecule has 2 amide bonds. The molecule has 0 saturated heterocycles. The smallest absolute Gasteiger partial charge is 0.251 e. The molecule has 1 saturated carbocycles. The van der Waals surface area contributed by atoms with Crippen molar-refractivity contribution in [2.45, 2.75) is 45.2 Å². The van der Waals surface area contributed by atoms with Crippen LogP contribution < -0.4 is 15.4 Å². The largest absolute Gasteiger partial charge is 0.494 e. The molecule has 8 nitrogen and oxygen atoms in total. The lowest BCUT2D eigenvalue weighted by Gasteiger charge is -2.09. The Morgan fingerprint density at radius 3 is 2.71 bits per heavy atom. The van der Waals surface area contributed by atoms with E-state index in [1.807, 2.05) is 4.57 Å². The predicted molar refractivity (Wildman–Crippen MR) is 107 cm³/mol. The summed E-state index contributed by atoms with van der Waals surface area (Å²) in [5.74, 6) is 0.831. The highest BCUT2D eigenvalue weighted by molar-refractivity contribution is 7.71. The second-order valence-corrected chi connectivity index (χ2v) is 7.12. The van der Waals surface area contributed by atoms with Crippen LogP contribution in [0.1, 0.15) is 54.8 Å². The monoisotopic (exact) mass is 403 g/mol. The molecule has 0 unspecified atom stereocenters. The Labute approximate surface area is 168 Å². The van der Waals surface area contributed by atoms with Gasteiger partial charge in [0.25, 0.3) is 5.91 Å². The molecular formula is C19H25N5O3S. The van der Waals surface area contributed by atoms with Gasteiger partial charge in [0.1, 0.15) is 5.75 Å². The van der Waals surface area contributed by atoms with Gasteiger partial charge < -0.3 is 15.4 Å². The van der Waals surface area contributed by atoms with Gasteiger partial charge in [-0.2, -0.15) is 5.10 Å². The maximum absolute atomic E-state index is 12.2. The van der Waals surface area contributed by atoms with Crippen molar-refractivity contribution >= 4 is 24.0 Å². The minimum atomic E-state index is -0.309. The third-order valence-electron chi connectivity index (χ3n) is 4.43. The van der Waals surface area contributed by atoms with Crippen molar-refractivity contribution in [3.63, 3.8) is 0 Å². The van der Waals surface area contributed by atoms with E-state index in [1.165, 1.54) is 0 Å². The fraction of sp³-hybridized carbons (Fsp3) is 0.474. The summed E-state index contributed by atoms with van der Waals surface area (Å²) in [5.41, 5.74) is 0.477. The highest BCUT2D eigenvalue weighted by atomic mass is 32.1. The van der Waals surface area contributed by atoms with Gasteiger partial charge >= 0.3 is 0 Å². The molecule has 1 heterocycles. The van der Waals surface area contributed by atoms with Crippen LogP contribution >= 0.6 is 12.2 Å². The predicted octanol–water partition coefficient (Wildman–Crippen LogP) is 2.50.